The van der Waals surface area contributed by atoms with E-state index in [1.165, 1.54) is 37.6 Å². The SMILES string of the molecule is COc1cc(OC)c(Cl)c(N(C(=O)OC(C)(C)C)C(=O)N(c2cc(Nc3ccc(N4CCC(N(C)C)CC4)cc3[N+](=O)[O-])ncn2)C2CC2)c1Cl. The summed E-state index contributed by atoms with van der Waals surface area (Å²) >= 11 is 13.4. The van der Waals surface area contributed by atoms with E-state index < -0.39 is 22.6 Å². The summed E-state index contributed by atoms with van der Waals surface area (Å²) in [6, 6.07) is 7.20. The lowest BCUT2D eigenvalue weighted by Crippen LogP contribution is -2.50. The Morgan fingerprint density at radius 3 is 2.12 bits per heavy atom. The van der Waals surface area contributed by atoms with Crippen LogP contribution in [0.3, 0.4) is 0 Å². The van der Waals surface area contributed by atoms with Gasteiger partial charge < -0.3 is 29.3 Å². The van der Waals surface area contributed by atoms with Crippen LogP contribution in [0.15, 0.2) is 36.7 Å². The van der Waals surface area contributed by atoms with Crippen LogP contribution >= 0.6 is 23.2 Å². The van der Waals surface area contributed by atoms with Crippen LogP contribution in [-0.2, 0) is 4.74 Å². The van der Waals surface area contributed by atoms with Gasteiger partial charge in [0.15, 0.2) is 0 Å². The van der Waals surface area contributed by atoms with Crippen molar-refractivity contribution in [1.82, 2.24) is 14.9 Å². The number of halogens is 2. The van der Waals surface area contributed by atoms with Gasteiger partial charge in [-0.1, -0.05) is 23.2 Å². The van der Waals surface area contributed by atoms with E-state index in [1.54, 1.807) is 32.9 Å². The molecule has 0 spiro atoms. The summed E-state index contributed by atoms with van der Waals surface area (Å²) in [5.74, 6) is 0.514. The molecular formula is C34H42Cl2N8O7. The minimum Gasteiger partial charge on any atom is -0.495 e. The normalized spacial score (nSPS) is 15.0. The molecular weight excluding hydrogens is 703 g/mol. The van der Waals surface area contributed by atoms with E-state index in [2.05, 4.69) is 39.2 Å². The largest absolute Gasteiger partial charge is 0.495 e. The number of rotatable bonds is 10. The third-order valence-corrected chi connectivity index (χ3v) is 9.29. The van der Waals surface area contributed by atoms with Crippen LogP contribution in [0.5, 0.6) is 11.5 Å². The molecule has 17 heteroatoms. The van der Waals surface area contributed by atoms with E-state index in [1.807, 2.05) is 6.07 Å². The maximum Gasteiger partial charge on any atom is 0.423 e. The van der Waals surface area contributed by atoms with Gasteiger partial charge in [-0.25, -0.2) is 19.6 Å². The summed E-state index contributed by atoms with van der Waals surface area (Å²) in [4.78, 5) is 55.2. The number of amides is 3. The van der Waals surface area contributed by atoms with Gasteiger partial charge in [0.1, 0.15) is 56.5 Å². The number of nitro groups is 1. The molecule has 1 aliphatic heterocycles. The standard InChI is InChI=1S/C34H42Cl2N8O7/c1-34(2,3)51-33(46)43(31-29(35)25(49-6)17-26(50-7)30(31)36)32(45)42(21-8-9-21)28-18-27(37-19-38-28)39-23-11-10-22(16-24(23)44(47)48)41-14-12-20(13-15-41)40(4)5/h10-11,16-21H,8-9,12-15H2,1-7H3,(H,37,38,39). The number of aromatic nitrogens is 2. The Balaban J connectivity index is 1.49. The molecule has 51 heavy (non-hydrogen) atoms. The molecule has 274 valence electrons. The highest BCUT2D eigenvalue weighted by atomic mass is 35.5. The number of nitrogens with one attached hydrogen (secondary N) is 1. The average Bonchev–Trinajstić information content (AvgIpc) is 3.91. The van der Waals surface area contributed by atoms with Crippen LogP contribution in [0.25, 0.3) is 0 Å². The molecule has 1 saturated carbocycles. The number of piperidine rings is 1. The maximum absolute atomic E-state index is 14.6. The molecule has 1 aliphatic carbocycles. The van der Waals surface area contributed by atoms with Crippen LogP contribution in [0.1, 0.15) is 46.5 Å². The smallest absolute Gasteiger partial charge is 0.423 e. The number of hydrogen-bond donors (Lipinski definition) is 1. The molecule has 0 unspecified atom stereocenters. The van der Waals surface area contributed by atoms with Gasteiger partial charge in [-0.15, -0.1) is 0 Å². The average molecular weight is 746 g/mol. The zero-order valence-corrected chi connectivity index (χ0v) is 31.1. The third-order valence-electron chi connectivity index (χ3n) is 8.56. The highest BCUT2D eigenvalue weighted by Crippen LogP contribution is 2.47. The fourth-order valence-corrected chi connectivity index (χ4v) is 6.49. The van der Waals surface area contributed by atoms with Gasteiger partial charge in [0, 0.05) is 49.1 Å². The summed E-state index contributed by atoms with van der Waals surface area (Å²) in [5.41, 5.74) is -0.371. The lowest BCUT2D eigenvalue weighted by Gasteiger charge is -2.36. The fraction of sp³-hybridized carbons (Fsp3) is 0.471. The first-order valence-electron chi connectivity index (χ1n) is 16.4. The van der Waals surface area contributed by atoms with Gasteiger partial charge in [0.25, 0.3) is 5.69 Å². The van der Waals surface area contributed by atoms with Gasteiger partial charge in [-0.2, -0.15) is 4.90 Å². The molecule has 1 N–H and O–H groups in total. The number of nitrogens with zero attached hydrogens (tertiary/aromatic N) is 7. The van der Waals surface area contributed by atoms with Gasteiger partial charge >= 0.3 is 12.1 Å². The van der Waals surface area contributed by atoms with E-state index >= 15 is 0 Å². The van der Waals surface area contributed by atoms with E-state index in [0.29, 0.717) is 18.9 Å². The lowest BCUT2D eigenvalue weighted by atomic mass is 10.0. The second kappa shape index (κ2) is 15.3. The molecule has 0 bridgehead atoms. The molecule has 5 rings (SSSR count). The van der Waals surface area contributed by atoms with Crippen molar-refractivity contribution in [2.75, 3.05) is 61.4 Å². The number of carbonyl (C=O) groups is 2. The Morgan fingerprint density at radius 2 is 1.59 bits per heavy atom. The maximum atomic E-state index is 14.6. The molecule has 15 nitrogen and oxygen atoms in total. The molecule has 0 radical (unpaired) electrons. The van der Waals surface area contributed by atoms with E-state index in [9.17, 15) is 19.7 Å². The van der Waals surface area contributed by atoms with Crippen LogP contribution in [0.4, 0.5) is 44.0 Å². The first kappa shape index (κ1) is 37.7. The van der Waals surface area contributed by atoms with E-state index in [-0.39, 0.29) is 56.3 Å². The summed E-state index contributed by atoms with van der Waals surface area (Å²) < 4.78 is 16.4. The van der Waals surface area contributed by atoms with Gasteiger partial charge in [-0.05, 0) is 72.7 Å². The Labute approximate surface area is 306 Å². The van der Waals surface area contributed by atoms with Crippen LogP contribution in [0.2, 0.25) is 10.0 Å². The minimum atomic E-state index is -1.05. The Hall–Kier alpha value is -4.60. The van der Waals surface area contributed by atoms with Crippen molar-refractivity contribution in [2.24, 2.45) is 0 Å². The molecule has 3 amide bonds. The molecule has 2 aromatic carbocycles. The number of carbonyl (C=O) groups excluding carboxylic acids is 2. The molecule has 1 aromatic heterocycles. The lowest BCUT2D eigenvalue weighted by molar-refractivity contribution is -0.383. The Morgan fingerprint density at radius 1 is 0.961 bits per heavy atom. The number of benzene rings is 2. The first-order valence-corrected chi connectivity index (χ1v) is 17.1. The molecule has 2 aliphatic rings. The van der Waals surface area contributed by atoms with Crippen molar-refractivity contribution in [3.63, 3.8) is 0 Å². The number of hydrogen-bond acceptors (Lipinski definition) is 12. The van der Waals surface area contributed by atoms with Crippen LogP contribution < -0.4 is 29.5 Å². The second-order valence-electron chi connectivity index (χ2n) is 13.5. The topological polar surface area (TPSA) is 156 Å². The highest BCUT2D eigenvalue weighted by Gasteiger charge is 2.43. The number of methoxy groups -OCH3 is 2. The number of urea groups is 1. The van der Waals surface area contributed by atoms with E-state index in [4.69, 9.17) is 37.4 Å². The van der Waals surface area contributed by atoms with Crippen molar-refractivity contribution in [1.29, 1.82) is 0 Å². The van der Waals surface area contributed by atoms with Crippen LogP contribution in [-0.4, -0.2) is 91.0 Å². The van der Waals surface area contributed by atoms with Gasteiger partial charge in [-0.3, -0.25) is 15.0 Å². The van der Waals surface area contributed by atoms with Gasteiger partial charge in [0.2, 0.25) is 0 Å². The zero-order chi connectivity index (χ0) is 37.2. The minimum absolute atomic E-state index is 0.103. The Bertz CT molecular complexity index is 1760. The summed E-state index contributed by atoms with van der Waals surface area (Å²) in [7, 11) is 6.86. The molecule has 3 aromatic rings. The monoisotopic (exact) mass is 744 g/mol. The zero-order valence-electron chi connectivity index (χ0n) is 29.6. The van der Waals surface area contributed by atoms with Crippen molar-refractivity contribution in [2.45, 2.75) is 64.1 Å². The summed E-state index contributed by atoms with van der Waals surface area (Å²) in [6.07, 6.45) is 3.31. The number of nitro benzene ring substituents is 1. The fourth-order valence-electron chi connectivity index (χ4n) is 5.82. The Kier molecular flexibility index (Phi) is 11.3. The van der Waals surface area contributed by atoms with Gasteiger partial charge in [0.05, 0.1) is 19.1 Å². The predicted octanol–water partition coefficient (Wildman–Crippen LogP) is 7.51. The van der Waals surface area contributed by atoms with Crippen molar-refractivity contribution >= 4 is 69.7 Å². The summed E-state index contributed by atoms with van der Waals surface area (Å²) in [5, 5.41) is 15.0. The number of anilines is 5. The van der Waals surface area contributed by atoms with Crippen molar-refractivity contribution < 1.29 is 28.7 Å². The molecule has 2 fully saturated rings. The number of imide groups is 1. The molecule has 2 heterocycles. The number of ether oxygens (including phenoxy) is 3. The van der Waals surface area contributed by atoms with Crippen LogP contribution in [0, 0.1) is 10.1 Å². The van der Waals surface area contributed by atoms with Crippen molar-refractivity contribution in [3.8, 4) is 11.5 Å². The quantitative estimate of drug-likeness (QED) is 0.161. The second-order valence-corrected chi connectivity index (χ2v) is 14.2. The molecule has 1 saturated heterocycles. The molecule has 0 atom stereocenters. The highest BCUT2D eigenvalue weighted by molar-refractivity contribution is 6.43. The summed E-state index contributed by atoms with van der Waals surface area (Å²) in [6.45, 7) is 6.53. The predicted molar refractivity (Wildman–Crippen MR) is 197 cm³/mol. The van der Waals surface area contributed by atoms with Crippen molar-refractivity contribution in [3.05, 3.63) is 56.8 Å². The first-order chi connectivity index (χ1) is 24.1. The third kappa shape index (κ3) is 8.48. The van der Waals surface area contributed by atoms with E-state index in [0.717, 1.165) is 36.5 Å².